The molecule has 1 saturated heterocycles. The van der Waals surface area contributed by atoms with Crippen LogP contribution in [0.25, 0.3) is 0 Å². The average Bonchev–Trinajstić information content (AvgIpc) is 2.71. The van der Waals surface area contributed by atoms with Crippen LogP contribution in [0.2, 0.25) is 0 Å². The van der Waals surface area contributed by atoms with Crippen molar-refractivity contribution in [3.05, 3.63) is 24.3 Å². The predicted molar refractivity (Wildman–Crippen MR) is 67.1 cm³/mol. The van der Waals surface area contributed by atoms with E-state index < -0.39 is 0 Å². The highest BCUT2D eigenvalue weighted by Gasteiger charge is 2.29. The largest absolute Gasteiger partial charge is 0.494 e. The molecule has 1 aliphatic rings. The highest BCUT2D eigenvalue weighted by Crippen LogP contribution is 2.27. The lowest BCUT2D eigenvalue weighted by molar-refractivity contribution is -0.117. The van der Waals surface area contributed by atoms with Crippen molar-refractivity contribution in [2.75, 3.05) is 24.6 Å². The Hall–Kier alpha value is -1.55. The third kappa shape index (κ3) is 2.58. The lowest BCUT2D eigenvalue weighted by atomic mass is 10.1. The van der Waals surface area contributed by atoms with Crippen LogP contribution in [0.15, 0.2) is 24.3 Å². The molecular weight excluding hydrogens is 216 g/mol. The van der Waals surface area contributed by atoms with Gasteiger partial charge in [0, 0.05) is 24.7 Å². The molecule has 1 aliphatic heterocycles. The van der Waals surface area contributed by atoms with Crippen molar-refractivity contribution < 1.29 is 9.53 Å². The molecule has 1 unspecified atom stereocenters. The van der Waals surface area contributed by atoms with E-state index in [1.54, 1.807) is 4.90 Å². The molecule has 0 saturated carbocycles. The Morgan fingerprint density at radius 1 is 1.53 bits per heavy atom. The number of ether oxygens (including phenoxy) is 1. The molecule has 0 aromatic heterocycles. The van der Waals surface area contributed by atoms with Gasteiger partial charge in [0.15, 0.2) is 0 Å². The maximum absolute atomic E-state index is 11.8. The smallest absolute Gasteiger partial charge is 0.227 e. The number of rotatable bonds is 4. The van der Waals surface area contributed by atoms with E-state index in [-0.39, 0.29) is 11.8 Å². The monoisotopic (exact) mass is 234 g/mol. The van der Waals surface area contributed by atoms with Crippen LogP contribution < -0.4 is 15.4 Å². The van der Waals surface area contributed by atoms with Crippen molar-refractivity contribution >= 4 is 11.6 Å². The Kier molecular flexibility index (Phi) is 3.64. The Bertz CT molecular complexity index is 406. The van der Waals surface area contributed by atoms with Crippen LogP contribution in [0.5, 0.6) is 5.75 Å². The molecule has 4 nitrogen and oxygen atoms in total. The fourth-order valence-corrected chi connectivity index (χ4v) is 2.10. The van der Waals surface area contributed by atoms with Crippen LogP contribution >= 0.6 is 0 Å². The number of nitrogens with two attached hydrogens (primary N) is 1. The Balaban J connectivity index is 2.16. The number of anilines is 1. The Morgan fingerprint density at radius 3 is 3.00 bits per heavy atom. The van der Waals surface area contributed by atoms with Gasteiger partial charge in [0.25, 0.3) is 0 Å². The van der Waals surface area contributed by atoms with Gasteiger partial charge in [-0.1, -0.05) is 6.07 Å². The molecule has 0 radical (unpaired) electrons. The zero-order chi connectivity index (χ0) is 12.3. The summed E-state index contributed by atoms with van der Waals surface area (Å²) in [4.78, 5) is 13.6. The summed E-state index contributed by atoms with van der Waals surface area (Å²) in [6.07, 6.45) is 0.551. The Morgan fingerprint density at radius 2 is 2.35 bits per heavy atom. The molecule has 1 fully saturated rings. The summed E-state index contributed by atoms with van der Waals surface area (Å²) in [7, 11) is 0. The van der Waals surface area contributed by atoms with Gasteiger partial charge in [0.05, 0.1) is 6.61 Å². The highest BCUT2D eigenvalue weighted by atomic mass is 16.5. The molecule has 2 N–H and O–H groups in total. The van der Waals surface area contributed by atoms with Gasteiger partial charge >= 0.3 is 0 Å². The second kappa shape index (κ2) is 5.19. The topological polar surface area (TPSA) is 55.6 Å². The SMILES string of the molecule is CCOc1cccc(N2CC(CN)CC2=O)c1. The molecule has 1 heterocycles. The second-order valence-electron chi connectivity index (χ2n) is 4.24. The molecule has 1 aromatic carbocycles. The van der Waals surface area contributed by atoms with E-state index in [1.165, 1.54) is 0 Å². The van der Waals surface area contributed by atoms with Crippen LogP contribution in [-0.2, 0) is 4.79 Å². The molecule has 4 heteroatoms. The highest BCUT2D eigenvalue weighted by molar-refractivity contribution is 5.95. The van der Waals surface area contributed by atoms with Gasteiger partial charge in [-0.05, 0) is 31.5 Å². The standard InChI is InChI=1S/C13H18N2O2/c1-2-17-12-5-3-4-11(7-12)15-9-10(8-14)6-13(15)16/h3-5,7,10H,2,6,8-9,14H2,1H3. The van der Waals surface area contributed by atoms with Crippen LogP contribution in [-0.4, -0.2) is 25.6 Å². The molecule has 2 rings (SSSR count). The quantitative estimate of drug-likeness (QED) is 0.856. The van der Waals surface area contributed by atoms with Crippen molar-refractivity contribution in [2.24, 2.45) is 11.7 Å². The van der Waals surface area contributed by atoms with Gasteiger partial charge in [-0.3, -0.25) is 4.79 Å². The fourth-order valence-electron chi connectivity index (χ4n) is 2.10. The van der Waals surface area contributed by atoms with Crippen LogP contribution in [0.1, 0.15) is 13.3 Å². The van der Waals surface area contributed by atoms with E-state index in [0.717, 1.165) is 11.4 Å². The number of benzene rings is 1. The summed E-state index contributed by atoms with van der Waals surface area (Å²) < 4.78 is 5.43. The van der Waals surface area contributed by atoms with Crippen molar-refractivity contribution in [3.8, 4) is 5.75 Å². The molecule has 1 aromatic rings. The van der Waals surface area contributed by atoms with E-state index in [2.05, 4.69) is 0 Å². The normalized spacial score (nSPS) is 19.8. The first-order valence-corrected chi connectivity index (χ1v) is 5.98. The van der Waals surface area contributed by atoms with E-state index in [0.29, 0.717) is 26.1 Å². The van der Waals surface area contributed by atoms with Crippen molar-refractivity contribution in [1.29, 1.82) is 0 Å². The number of amides is 1. The second-order valence-corrected chi connectivity index (χ2v) is 4.24. The summed E-state index contributed by atoms with van der Waals surface area (Å²) >= 11 is 0. The number of carbonyl (C=O) groups excluding carboxylic acids is 1. The molecule has 92 valence electrons. The molecule has 17 heavy (non-hydrogen) atoms. The molecule has 1 amide bonds. The zero-order valence-corrected chi connectivity index (χ0v) is 10.1. The third-order valence-electron chi connectivity index (χ3n) is 2.98. The van der Waals surface area contributed by atoms with Crippen LogP contribution in [0, 0.1) is 5.92 Å². The lowest BCUT2D eigenvalue weighted by Gasteiger charge is -2.17. The van der Waals surface area contributed by atoms with Gasteiger partial charge in [0.1, 0.15) is 5.75 Å². The number of hydrogen-bond acceptors (Lipinski definition) is 3. The number of hydrogen-bond donors (Lipinski definition) is 1. The maximum Gasteiger partial charge on any atom is 0.227 e. The van der Waals surface area contributed by atoms with Gasteiger partial charge in [-0.25, -0.2) is 0 Å². The Labute approximate surface area is 101 Å². The predicted octanol–water partition coefficient (Wildman–Crippen LogP) is 1.40. The van der Waals surface area contributed by atoms with Crippen molar-refractivity contribution in [1.82, 2.24) is 0 Å². The first-order valence-electron chi connectivity index (χ1n) is 5.98. The van der Waals surface area contributed by atoms with Gasteiger partial charge < -0.3 is 15.4 Å². The molecule has 0 spiro atoms. The minimum atomic E-state index is 0.147. The average molecular weight is 234 g/mol. The van der Waals surface area contributed by atoms with E-state index in [4.69, 9.17) is 10.5 Å². The molecule has 1 atom stereocenters. The van der Waals surface area contributed by atoms with E-state index in [9.17, 15) is 4.79 Å². The minimum Gasteiger partial charge on any atom is -0.494 e. The van der Waals surface area contributed by atoms with Gasteiger partial charge in [-0.2, -0.15) is 0 Å². The maximum atomic E-state index is 11.8. The summed E-state index contributed by atoms with van der Waals surface area (Å²) in [6, 6.07) is 7.64. The van der Waals surface area contributed by atoms with E-state index in [1.807, 2.05) is 31.2 Å². The summed E-state index contributed by atoms with van der Waals surface area (Å²) in [6.45, 7) is 3.85. The minimum absolute atomic E-state index is 0.147. The molecule has 0 bridgehead atoms. The van der Waals surface area contributed by atoms with Crippen molar-refractivity contribution in [3.63, 3.8) is 0 Å². The van der Waals surface area contributed by atoms with Gasteiger partial charge in [-0.15, -0.1) is 0 Å². The summed E-state index contributed by atoms with van der Waals surface area (Å²) in [5, 5.41) is 0. The molecular formula is C13H18N2O2. The van der Waals surface area contributed by atoms with Crippen molar-refractivity contribution in [2.45, 2.75) is 13.3 Å². The van der Waals surface area contributed by atoms with Gasteiger partial charge in [0.2, 0.25) is 5.91 Å². The lowest BCUT2D eigenvalue weighted by Crippen LogP contribution is -2.25. The summed E-state index contributed by atoms with van der Waals surface area (Å²) in [5.41, 5.74) is 6.51. The van der Waals surface area contributed by atoms with E-state index >= 15 is 0 Å². The van der Waals surface area contributed by atoms with Crippen LogP contribution in [0.4, 0.5) is 5.69 Å². The fraction of sp³-hybridized carbons (Fsp3) is 0.462. The number of carbonyl (C=O) groups is 1. The number of nitrogens with zero attached hydrogens (tertiary/aromatic N) is 1. The zero-order valence-electron chi connectivity index (χ0n) is 10.1. The summed E-state index contributed by atoms with van der Waals surface area (Å²) in [5.74, 6) is 1.22. The first-order chi connectivity index (χ1) is 8.24. The molecule has 0 aliphatic carbocycles. The first kappa shape index (κ1) is 11.9. The third-order valence-corrected chi connectivity index (χ3v) is 2.98. The van der Waals surface area contributed by atoms with Crippen LogP contribution in [0.3, 0.4) is 0 Å².